The first kappa shape index (κ1) is 17.3. The highest BCUT2D eigenvalue weighted by Gasteiger charge is 2.09. The minimum atomic E-state index is -0.278. The van der Waals surface area contributed by atoms with Crippen LogP contribution >= 0.6 is 22.9 Å². The van der Waals surface area contributed by atoms with Crippen LogP contribution in [0.25, 0.3) is 11.3 Å². The van der Waals surface area contributed by atoms with Crippen LogP contribution in [0.3, 0.4) is 0 Å². The van der Waals surface area contributed by atoms with Crippen LogP contribution in [0, 0.1) is 6.92 Å². The molecule has 1 amide bonds. The van der Waals surface area contributed by atoms with E-state index in [4.69, 9.17) is 22.1 Å². The molecule has 0 aliphatic heterocycles. The smallest absolute Gasteiger partial charge is 0.262 e. The molecular weight excluding hydrogens is 358 g/mol. The van der Waals surface area contributed by atoms with Gasteiger partial charge in [0.1, 0.15) is 5.75 Å². The highest BCUT2D eigenvalue weighted by Crippen LogP contribution is 2.29. The van der Waals surface area contributed by atoms with Crippen LogP contribution in [0.2, 0.25) is 5.02 Å². The summed E-state index contributed by atoms with van der Waals surface area (Å²) in [5.41, 5.74) is 8.11. The van der Waals surface area contributed by atoms with Gasteiger partial charge >= 0.3 is 0 Å². The second-order valence-corrected chi connectivity index (χ2v) is 6.94. The maximum Gasteiger partial charge on any atom is 0.262 e. The molecule has 2 aromatic carbocycles. The van der Waals surface area contributed by atoms with Crippen molar-refractivity contribution in [3.63, 3.8) is 0 Å². The van der Waals surface area contributed by atoms with Crippen LogP contribution in [-0.2, 0) is 4.79 Å². The Balaban J connectivity index is 1.59. The van der Waals surface area contributed by atoms with Crippen molar-refractivity contribution in [2.75, 3.05) is 17.7 Å². The van der Waals surface area contributed by atoms with E-state index in [-0.39, 0.29) is 12.5 Å². The molecule has 0 saturated carbocycles. The van der Waals surface area contributed by atoms with Gasteiger partial charge in [0.05, 0.1) is 16.4 Å². The Bertz CT molecular complexity index is 894. The van der Waals surface area contributed by atoms with Crippen molar-refractivity contribution < 1.29 is 9.53 Å². The number of aromatic nitrogens is 1. The number of amides is 1. The Morgan fingerprint density at radius 3 is 2.60 bits per heavy atom. The molecule has 3 rings (SSSR count). The van der Waals surface area contributed by atoms with Crippen LogP contribution in [0.15, 0.2) is 48.5 Å². The third-order valence-corrected chi connectivity index (χ3v) is 4.59. The molecule has 0 bridgehead atoms. The number of nitrogens with zero attached hydrogens (tertiary/aromatic N) is 1. The molecule has 3 aromatic rings. The van der Waals surface area contributed by atoms with E-state index in [0.717, 1.165) is 16.1 Å². The van der Waals surface area contributed by atoms with Crippen LogP contribution in [0.5, 0.6) is 5.75 Å². The molecule has 1 aromatic heterocycles. The van der Waals surface area contributed by atoms with Gasteiger partial charge in [-0.3, -0.25) is 4.79 Å². The number of thiazole rings is 1. The second-order valence-electron chi connectivity index (χ2n) is 5.30. The second kappa shape index (κ2) is 7.55. The van der Waals surface area contributed by atoms with Crippen LogP contribution < -0.4 is 15.8 Å². The lowest BCUT2D eigenvalue weighted by atomic mass is 10.1. The number of anilines is 2. The average Bonchev–Trinajstić information content (AvgIpc) is 2.94. The molecule has 0 fully saturated rings. The number of ether oxygens (including phenoxy) is 1. The third-order valence-electron chi connectivity index (χ3n) is 3.46. The van der Waals surface area contributed by atoms with Gasteiger partial charge in [-0.2, -0.15) is 0 Å². The summed E-state index contributed by atoms with van der Waals surface area (Å²) in [7, 11) is 0. The Morgan fingerprint density at radius 1 is 1.24 bits per heavy atom. The Hall–Kier alpha value is -2.57. The maximum absolute atomic E-state index is 12.0. The number of hydrogen-bond donors (Lipinski definition) is 2. The van der Waals surface area contributed by atoms with Gasteiger partial charge in [-0.25, -0.2) is 4.98 Å². The topological polar surface area (TPSA) is 77.2 Å². The van der Waals surface area contributed by atoms with E-state index in [0.29, 0.717) is 21.6 Å². The Labute approximate surface area is 154 Å². The summed E-state index contributed by atoms with van der Waals surface area (Å²) < 4.78 is 5.51. The normalized spacial score (nSPS) is 10.5. The molecule has 1 heterocycles. The van der Waals surface area contributed by atoms with Crippen LogP contribution in [0.1, 0.15) is 4.88 Å². The van der Waals surface area contributed by atoms with Gasteiger partial charge < -0.3 is 15.8 Å². The fraction of sp³-hybridized carbons (Fsp3) is 0.111. The molecule has 0 unspecified atom stereocenters. The summed E-state index contributed by atoms with van der Waals surface area (Å²) in [6.45, 7) is 1.88. The Kier molecular flexibility index (Phi) is 5.21. The van der Waals surface area contributed by atoms with Gasteiger partial charge in [0.2, 0.25) is 0 Å². The van der Waals surface area contributed by atoms with Gasteiger partial charge in [-0.1, -0.05) is 23.7 Å². The van der Waals surface area contributed by atoms with E-state index < -0.39 is 0 Å². The largest absolute Gasteiger partial charge is 0.484 e. The molecular formula is C18H16ClN3O2S. The van der Waals surface area contributed by atoms with Gasteiger partial charge in [0, 0.05) is 10.4 Å². The molecule has 25 heavy (non-hydrogen) atoms. The first-order chi connectivity index (χ1) is 12.0. The molecule has 128 valence electrons. The zero-order valence-corrected chi connectivity index (χ0v) is 15.0. The number of carbonyl (C=O) groups is 1. The van der Waals surface area contributed by atoms with Crippen LogP contribution in [0.4, 0.5) is 10.8 Å². The number of rotatable bonds is 5. The predicted molar refractivity (Wildman–Crippen MR) is 102 cm³/mol. The van der Waals surface area contributed by atoms with Crippen molar-refractivity contribution in [2.24, 2.45) is 0 Å². The van der Waals surface area contributed by atoms with E-state index in [9.17, 15) is 4.79 Å². The minimum absolute atomic E-state index is 0.104. The number of hydrogen-bond acceptors (Lipinski definition) is 5. The number of aryl methyl sites for hydroxylation is 1. The standard InChI is InChI=1S/C18H16ClN3O2S/c1-11-17(22-18(20)25-11)12-6-8-13(9-7-12)24-10-16(23)21-15-5-3-2-4-14(15)19/h2-9H,10H2,1H3,(H2,20,22)(H,21,23). The number of nitrogen functional groups attached to an aromatic ring is 1. The Morgan fingerprint density at radius 2 is 1.96 bits per heavy atom. The first-order valence-corrected chi connectivity index (χ1v) is 8.73. The van der Waals surface area contributed by atoms with Crippen molar-refractivity contribution in [1.82, 2.24) is 4.98 Å². The summed E-state index contributed by atoms with van der Waals surface area (Å²) in [6, 6.07) is 14.4. The molecule has 0 spiro atoms. The number of carbonyl (C=O) groups excluding carboxylic acids is 1. The van der Waals surface area contributed by atoms with E-state index in [2.05, 4.69) is 10.3 Å². The van der Waals surface area contributed by atoms with Crippen molar-refractivity contribution in [3.8, 4) is 17.0 Å². The fourth-order valence-electron chi connectivity index (χ4n) is 2.29. The van der Waals surface area contributed by atoms with E-state index in [1.165, 1.54) is 11.3 Å². The number of nitrogens with two attached hydrogens (primary N) is 1. The van der Waals surface area contributed by atoms with Gasteiger partial charge in [-0.05, 0) is 43.3 Å². The van der Waals surface area contributed by atoms with Crippen molar-refractivity contribution >= 4 is 39.7 Å². The van der Waals surface area contributed by atoms with E-state index >= 15 is 0 Å². The molecule has 0 aliphatic carbocycles. The lowest BCUT2D eigenvalue weighted by molar-refractivity contribution is -0.118. The molecule has 5 nitrogen and oxygen atoms in total. The van der Waals surface area contributed by atoms with E-state index in [1.54, 1.807) is 36.4 Å². The number of para-hydroxylation sites is 1. The zero-order chi connectivity index (χ0) is 17.8. The summed E-state index contributed by atoms with van der Waals surface area (Å²) in [6.07, 6.45) is 0. The molecule has 3 N–H and O–H groups in total. The lowest BCUT2D eigenvalue weighted by Gasteiger charge is -2.09. The number of benzene rings is 2. The fourth-order valence-corrected chi connectivity index (χ4v) is 3.19. The zero-order valence-electron chi connectivity index (χ0n) is 13.5. The molecule has 0 radical (unpaired) electrons. The van der Waals surface area contributed by atoms with Crippen LogP contribution in [-0.4, -0.2) is 17.5 Å². The van der Waals surface area contributed by atoms with Gasteiger partial charge in [0.15, 0.2) is 11.7 Å². The average molecular weight is 374 g/mol. The first-order valence-electron chi connectivity index (χ1n) is 7.53. The SMILES string of the molecule is Cc1sc(N)nc1-c1ccc(OCC(=O)Nc2ccccc2Cl)cc1. The summed E-state index contributed by atoms with van der Waals surface area (Å²) in [5.74, 6) is 0.319. The quantitative estimate of drug-likeness (QED) is 0.696. The molecule has 0 aliphatic rings. The van der Waals surface area contributed by atoms with Gasteiger partial charge in [-0.15, -0.1) is 11.3 Å². The van der Waals surface area contributed by atoms with Crippen molar-refractivity contribution in [2.45, 2.75) is 6.92 Å². The minimum Gasteiger partial charge on any atom is -0.484 e. The number of halogens is 1. The molecule has 0 atom stereocenters. The predicted octanol–water partition coefficient (Wildman–Crippen LogP) is 4.37. The summed E-state index contributed by atoms with van der Waals surface area (Å²) in [5, 5.41) is 3.74. The number of nitrogens with one attached hydrogen (secondary N) is 1. The third kappa shape index (κ3) is 4.29. The maximum atomic E-state index is 12.0. The van der Waals surface area contributed by atoms with Crippen molar-refractivity contribution in [1.29, 1.82) is 0 Å². The van der Waals surface area contributed by atoms with Gasteiger partial charge in [0.25, 0.3) is 5.91 Å². The molecule has 7 heteroatoms. The lowest BCUT2D eigenvalue weighted by Crippen LogP contribution is -2.20. The van der Waals surface area contributed by atoms with Crippen molar-refractivity contribution in [3.05, 3.63) is 58.4 Å². The monoisotopic (exact) mass is 373 g/mol. The summed E-state index contributed by atoms with van der Waals surface area (Å²) >= 11 is 7.46. The summed E-state index contributed by atoms with van der Waals surface area (Å²) in [4.78, 5) is 17.3. The highest BCUT2D eigenvalue weighted by molar-refractivity contribution is 7.15. The van der Waals surface area contributed by atoms with E-state index in [1.807, 2.05) is 19.1 Å². The highest BCUT2D eigenvalue weighted by atomic mass is 35.5. The molecule has 0 saturated heterocycles.